The molecule has 7 rings (SSSR count). The Bertz CT molecular complexity index is 1720. The van der Waals surface area contributed by atoms with Gasteiger partial charge in [0.05, 0.1) is 11.1 Å². The van der Waals surface area contributed by atoms with E-state index in [-0.39, 0.29) is 5.41 Å². The van der Waals surface area contributed by atoms with Crippen LogP contribution in [0.1, 0.15) is 70.1 Å². The molecule has 0 atom stereocenters. The van der Waals surface area contributed by atoms with Gasteiger partial charge in [-0.25, -0.2) is 0 Å². The summed E-state index contributed by atoms with van der Waals surface area (Å²) in [6.45, 7) is 9.18. The van der Waals surface area contributed by atoms with Crippen LogP contribution in [0.25, 0.3) is 43.6 Å². The first-order valence-electron chi connectivity index (χ1n) is 14.5. The maximum Gasteiger partial charge on any atom is 0.140 e. The maximum atomic E-state index is 6.98. The average Bonchev–Trinajstić information content (AvgIpc) is 3.42. The Morgan fingerprint density at radius 1 is 0.895 bits per heavy atom. The highest BCUT2D eigenvalue weighted by molar-refractivity contribution is 6.17. The van der Waals surface area contributed by atoms with E-state index in [1.54, 1.807) is 0 Å². The molecule has 0 spiro atoms. The first-order valence-corrected chi connectivity index (χ1v) is 14.5. The lowest BCUT2D eigenvalue weighted by Gasteiger charge is -2.28. The third-order valence-electron chi connectivity index (χ3n) is 8.78. The fourth-order valence-electron chi connectivity index (χ4n) is 6.99. The van der Waals surface area contributed by atoms with E-state index in [1.807, 2.05) is 6.20 Å². The normalized spacial score (nSPS) is 15.4. The number of hydrogen-bond acceptors (Lipinski definition) is 2. The van der Waals surface area contributed by atoms with Gasteiger partial charge in [0.25, 0.3) is 0 Å². The minimum absolute atomic E-state index is 0.131. The van der Waals surface area contributed by atoms with Crippen molar-refractivity contribution in [3.63, 3.8) is 0 Å². The molecule has 192 valence electrons. The second-order valence-corrected chi connectivity index (χ2v) is 12.8. The Morgan fingerprint density at radius 2 is 1.74 bits per heavy atom. The van der Waals surface area contributed by atoms with Crippen molar-refractivity contribution < 1.29 is 4.74 Å². The van der Waals surface area contributed by atoms with E-state index in [0.29, 0.717) is 0 Å². The van der Waals surface area contributed by atoms with Crippen LogP contribution < -0.4 is 4.74 Å². The molecule has 0 unspecified atom stereocenters. The van der Waals surface area contributed by atoms with Gasteiger partial charge in [-0.05, 0) is 86.9 Å². The number of pyridine rings is 1. The summed E-state index contributed by atoms with van der Waals surface area (Å²) in [5.74, 6) is 2.76. The number of rotatable bonds is 4. The highest BCUT2D eigenvalue weighted by Crippen LogP contribution is 2.52. The van der Waals surface area contributed by atoms with Crippen molar-refractivity contribution in [3.8, 4) is 22.8 Å². The molecule has 2 heteroatoms. The van der Waals surface area contributed by atoms with Crippen molar-refractivity contribution in [3.05, 3.63) is 77.5 Å². The number of fused-ring (bicyclic) bond motifs is 5. The number of ether oxygens (including phenoxy) is 1. The zero-order valence-electron chi connectivity index (χ0n) is 23.2. The van der Waals surface area contributed by atoms with Gasteiger partial charge in [0.1, 0.15) is 11.5 Å². The van der Waals surface area contributed by atoms with Gasteiger partial charge in [0.2, 0.25) is 0 Å². The summed E-state index contributed by atoms with van der Waals surface area (Å²) in [5, 5.41) is 7.65. The van der Waals surface area contributed by atoms with Gasteiger partial charge in [-0.1, -0.05) is 89.8 Å². The smallest absolute Gasteiger partial charge is 0.140 e. The maximum absolute atomic E-state index is 6.98. The van der Waals surface area contributed by atoms with Crippen LogP contribution in [0.4, 0.5) is 0 Å². The highest BCUT2D eigenvalue weighted by atomic mass is 16.5. The molecule has 0 amide bonds. The third kappa shape index (κ3) is 3.88. The molecule has 38 heavy (non-hydrogen) atoms. The molecule has 1 aliphatic heterocycles. The van der Waals surface area contributed by atoms with Gasteiger partial charge < -0.3 is 4.74 Å². The molecule has 2 nitrogen and oxygen atoms in total. The molecule has 0 radical (unpaired) electrons. The van der Waals surface area contributed by atoms with E-state index in [0.717, 1.165) is 53.3 Å². The Hall–Kier alpha value is -3.39. The number of benzene rings is 4. The molecule has 0 saturated heterocycles. The molecule has 1 fully saturated rings. The molecule has 2 heterocycles. The van der Waals surface area contributed by atoms with Gasteiger partial charge in [-0.15, -0.1) is 0 Å². The summed E-state index contributed by atoms with van der Waals surface area (Å²) < 4.78 is 6.98. The Labute approximate surface area is 226 Å². The van der Waals surface area contributed by atoms with Crippen molar-refractivity contribution in [1.29, 1.82) is 0 Å². The van der Waals surface area contributed by atoms with Crippen LogP contribution in [0, 0.1) is 11.3 Å². The topological polar surface area (TPSA) is 22.1 Å². The molecule has 1 aliphatic carbocycles. The van der Waals surface area contributed by atoms with Gasteiger partial charge in [0, 0.05) is 17.3 Å². The van der Waals surface area contributed by atoms with Crippen molar-refractivity contribution in [2.45, 2.75) is 72.6 Å². The number of nitrogens with zero attached hydrogens (tertiary/aromatic N) is 1. The predicted molar refractivity (Wildman–Crippen MR) is 160 cm³/mol. The fraction of sp³-hybridized carbons (Fsp3) is 0.361. The summed E-state index contributed by atoms with van der Waals surface area (Å²) >= 11 is 0. The molecular weight excluding hydrogens is 462 g/mol. The van der Waals surface area contributed by atoms with E-state index in [1.165, 1.54) is 69.3 Å². The molecule has 1 aromatic heterocycles. The number of aryl methyl sites for hydroxylation is 1. The second kappa shape index (κ2) is 8.83. The monoisotopic (exact) mass is 499 g/mol. The lowest BCUT2D eigenvalue weighted by Crippen LogP contribution is -2.12. The minimum Gasteiger partial charge on any atom is -0.456 e. The first kappa shape index (κ1) is 23.7. The third-order valence-corrected chi connectivity index (χ3v) is 8.78. The molecule has 0 bridgehead atoms. The lowest BCUT2D eigenvalue weighted by atomic mass is 9.83. The van der Waals surface area contributed by atoms with Gasteiger partial charge >= 0.3 is 0 Å². The zero-order chi connectivity index (χ0) is 26.0. The van der Waals surface area contributed by atoms with Crippen molar-refractivity contribution in [2.24, 2.45) is 11.3 Å². The minimum atomic E-state index is 0.131. The Balaban J connectivity index is 1.50. The van der Waals surface area contributed by atoms with Crippen LogP contribution in [0.2, 0.25) is 0 Å². The molecule has 4 aromatic carbocycles. The van der Waals surface area contributed by atoms with E-state index < -0.39 is 0 Å². The highest BCUT2D eigenvalue weighted by Gasteiger charge is 2.29. The SMILES string of the molecule is CCc1ccc2c(CC(C)(C)C)c3c(cc2c1)-c1nccc2c1c(cc1c(CC4CCCC4)cccc12)O3. The molecule has 0 N–H and O–H groups in total. The van der Waals surface area contributed by atoms with Crippen molar-refractivity contribution in [2.75, 3.05) is 0 Å². The molecule has 2 aliphatic rings. The summed E-state index contributed by atoms with van der Waals surface area (Å²) in [6, 6.07) is 20.6. The second-order valence-electron chi connectivity index (χ2n) is 12.8. The molecule has 1 saturated carbocycles. The number of aromatic nitrogens is 1. The molecule has 5 aromatic rings. The van der Waals surface area contributed by atoms with Crippen LogP contribution >= 0.6 is 0 Å². The predicted octanol–water partition coefficient (Wildman–Crippen LogP) is 10.2. The average molecular weight is 500 g/mol. The quantitative estimate of drug-likeness (QED) is 0.225. The zero-order valence-corrected chi connectivity index (χ0v) is 23.2. The summed E-state index contributed by atoms with van der Waals surface area (Å²) in [7, 11) is 0. The standard InChI is InChI=1S/C36H37NO/c1-5-22-13-14-26-25(17-22)19-30-34-33-28(15-16-37-34)27-12-8-11-24(18-23-9-6-7-10-23)29(27)20-32(33)38-35(30)31(26)21-36(2,3)4/h8,11-17,19-20,23H,5-7,9-10,18,21H2,1-4H3. The van der Waals surface area contributed by atoms with Crippen LogP contribution in [0.3, 0.4) is 0 Å². The van der Waals surface area contributed by atoms with Gasteiger partial charge in [-0.3, -0.25) is 4.98 Å². The largest absolute Gasteiger partial charge is 0.456 e. The Kier molecular flexibility index (Phi) is 5.51. The van der Waals surface area contributed by atoms with Gasteiger partial charge in [-0.2, -0.15) is 0 Å². The molecular formula is C36H37NO. The van der Waals surface area contributed by atoms with E-state index in [2.05, 4.69) is 82.3 Å². The van der Waals surface area contributed by atoms with Crippen LogP contribution in [0.15, 0.2) is 60.8 Å². The fourth-order valence-corrected chi connectivity index (χ4v) is 6.99. The van der Waals surface area contributed by atoms with Crippen molar-refractivity contribution in [1.82, 2.24) is 4.98 Å². The summed E-state index contributed by atoms with van der Waals surface area (Å²) in [5.41, 5.74) is 6.44. The van der Waals surface area contributed by atoms with E-state index in [9.17, 15) is 0 Å². The van der Waals surface area contributed by atoms with E-state index in [4.69, 9.17) is 9.72 Å². The first-order chi connectivity index (χ1) is 18.4. The van der Waals surface area contributed by atoms with Crippen LogP contribution in [-0.4, -0.2) is 4.98 Å². The van der Waals surface area contributed by atoms with Crippen molar-refractivity contribution >= 4 is 32.3 Å². The lowest BCUT2D eigenvalue weighted by molar-refractivity contribution is 0.400. The Morgan fingerprint density at radius 3 is 2.53 bits per heavy atom. The summed E-state index contributed by atoms with van der Waals surface area (Å²) in [4.78, 5) is 5.00. The van der Waals surface area contributed by atoms with Crippen LogP contribution in [-0.2, 0) is 19.3 Å². The van der Waals surface area contributed by atoms with Crippen LogP contribution in [0.5, 0.6) is 11.5 Å². The summed E-state index contributed by atoms with van der Waals surface area (Å²) in [6.07, 6.45) is 10.6. The number of hydrogen-bond donors (Lipinski definition) is 0. The van der Waals surface area contributed by atoms with E-state index >= 15 is 0 Å². The van der Waals surface area contributed by atoms with Gasteiger partial charge in [0.15, 0.2) is 0 Å².